The minimum Gasteiger partial charge on any atom is -0.461 e. The number of ether oxygens (including phenoxy) is 1. The van der Waals surface area contributed by atoms with Gasteiger partial charge in [0.2, 0.25) is 0 Å². The van der Waals surface area contributed by atoms with Crippen LogP contribution in [-0.2, 0) is 16.1 Å². The zero-order valence-corrected chi connectivity index (χ0v) is 8.27. The van der Waals surface area contributed by atoms with Crippen LogP contribution in [0.1, 0.15) is 18.4 Å². The van der Waals surface area contributed by atoms with E-state index < -0.39 is 0 Å². The summed E-state index contributed by atoms with van der Waals surface area (Å²) in [5.74, 6) is 0.0442. The molecule has 0 aliphatic heterocycles. The molecule has 2 N–H and O–H groups in total. The summed E-state index contributed by atoms with van der Waals surface area (Å²) in [4.78, 5) is 11.2. The standard InChI is InChI=1S/C11H13NO3/c13-11(9-3-4-9)15-7-8-1-5-10(12-14)6-2-8/h1-2,5-6,9,12,14H,3-4,7H2. The lowest BCUT2D eigenvalue weighted by atomic mass is 10.2. The molecule has 0 bridgehead atoms. The van der Waals surface area contributed by atoms with Gasteiger partial charge in [-0.3, -0.25) is 15.5 Å². The van der Waals surface area contributed by atoms with Crippen LogP contribution >= 0.6 is 0 Å². The van der Waals surface area contributed by atoms with Gasteiger partial charge >= 0.3 is 5.97 Å². The third-order valence-electron chi connectivity index (χ3n) is 2.37. The second-order valence-electron chi connectivity index (χ2n) is 3.69. The number of anilines is 1. The molecule has 0 heterocycles. The molecule has 0 aromatic heterocycles. The summed E-state index contributed by atoms with van der Waals surface area (Å²) < 4.78 is 5.10. The molecule has 15 heavy (non-hydrogen) atoms. The number of hydrogen-bond donors (Lipinski definition) is 2. The van der Waals surface area contributed by atoms with Gasteiger partial charge in [-0.05, 0) is 30.5 Å². The third-order valence-corrected chi connectivity index (χ3v) is 2.37. The molecule has 0 amide bonds. The maximum Gasteiger partial charge on any atom is 0.309 e. The molecule has 1 aromatic carbocycles. The van der Waals surface area contributed by atoms with E-state index in [0.717, 1.165) is 18.4 Å². The molecule has 4 nitrogen and oxygen atoms in total. The maximum atomic E-state index is 11.2. The number of nitrogens with one attached hydrogen (secondary N) is 1. The second-order valence-corrected chi connectivity index (χ2v) is 3.69. The SMILES string of the molecule is O=C(OCc1ccc(NO)cc1)C1CC1. The largest absolute Gasteiger partial charge is 0.461 e. The Morgan fingerprint density at radius 1 is 1.40 bits per heavy atom. The molecule has 0 unspecified atom stereocenters. The fourth-order valence-electron chi connectivity index (χ4n) is 1.27. The Kier molecular flexibility index (Phi) is 2.87. The summed E-state index contributed by atoms with van der Waals surface area (Å²) in [6, 6.07) is 7.05. The van der Waals surface area contributed by atoms with Crippen LogP contribution < -0.4 is 5.48 Å². The van der Waals surface area contributed by atoms with Crippen molar-refractivity contribution in [3.8, 4) is 0 Å². The van der Waals surface area contributed by atoms with Crippen molar-refractivity contribution in [1.82, 2.24) is 0 Å². The fraction of sp³-hybridized carbons (Fsp3) is 0.364. The Morgan fingerprint density at radius 2 is 2.07 bits per heavy atom. The van der Waals surface area contributed by atoms with Gasteiger partial charge in [0.15, 0.2) is 0 Å². The normalized spacial score (nSPS) is 14.7. The Labute approximate surface area is 87.8 Å². The van der Waals surface area contributed by atoms with Gasteiger partial charge in [0, 0.05) is 0 Å². The molecule has 0 atom stereocenters. The molecular weight excluding hydrogens is 194 g/mol. The van der Waals surface area contributed by atoms with Crippen molar-refractivity contribution in [2.75, 3.05) is 5.48 Å². The van der Waals surface area contributed by atoms with E-state index >= 15 is 0 Å². The average molecular weight is 207 g/mol. The van der Waals surface area contributed by atoms with E-state index in [9.17, 15) is 4.79 Å². The topological polar surface area (TPSA) is 58.6 Å². The van der Waals surface area contributed by atoms with Crippen molar-refractivity contribution in [2.24, 2.45) is 5.92 Å². The van der Waals surface area contributed by atoms with Crippen LogP contribution in [0, 0.1) is 5.92 Å². The Hall–Kier alpha value is -1.55. The molecule has 1 saturated carbocycles. The van der Waals surface area contributed by atoms with Gasteiger partial charge in [0.05, 0.1) is 11.6 Å². The van der Waals surface area contributed by atoms with Crippen molar-refractivity contribution >= 4 is 11.7 Å². The van der Waals surface area contributed by atoms with E-state index in [1.54, 1.807) is 24.3 Å². The van der Waals surface area contributed by atoms with Gasteiger partial charge in [0.1, 0.15) is 6.61 Å². The number of hydrogen-bond acceptors (Lipinski definition) is 4. The molecule has 0 spiro atoms. The average Bonchev–Trinajstić information content (AvgIpc) is 3.10. The van der Waals surface area contributed by atoms with Gasteiger partial charge < -0.3 is 4.74 Å². The molecule has 0 radical (unpaired) electrons. The summed E-state index contributed by atoms with van der Waals surface area (Å²) in [6.45, 7) is 0.307. The first-order valence-electron chi connectivity index (χ1n) is 4.95. The molecule has 1 fully saturated rings. The lowest BCUT2D eigenvalue weighted by molar-refractivity contribution is -0.146. The molecule has 2 rings (SSSR count). The number of carbonyl (C=O) groups is 1. The zero-order valence-electron chi connectivity index (χ0n) is 8.27. The Morgan fingerprint density at radius 3 is 2.60 bits per heavy atom. The first kappa shape index (κ1) is 9.98. The van der Waals surface area contributed by atoms with Crippen molar-refractivity contribution < 1.29 is 14.7 Å². The van der Waals surface area contributed by atoms with Crippen LogP contribution in [-0.4, -0.2) is 11.2 Å². The number of benzene rings is 1. The van der Waals surface area contributed by atoms with E-state index in [4.69, 9.17) is 9.94 Å². The summed E-state index contributed by atoms with van der Waals surface area (Å²) in [6.07, 6.45) is 1.93. The lowest BCUT2D eigenvalue weighted by Gasteiger charge is -2.04. The first-order chi connectivity index (χ1) is 7.29. The van der Waals surface area contributed by atoms with Gasteiger partial charge in [-0.2, -0.15) is 0 Å². The summed E-state index contributed by atoms with van der Waals surface area (Å²) >= 11 is 0. The fourth-order valence-corrected chi connectivity index (χ4v) is 1.27. The van der Waals surface area contributed by atoms with Crippen LogP contribution in [0.5, 0.6) is 0 Å². The van der Waals surface area contributed by atoms with Gasteiger partial charge in [0.25, 0.3) is 0 Å². The van der Waals surface area contributed by atoms with Crippen LogP contribution in [0.25, 0.3) is 0 Å². The van der Waals surface area contributed by atoms with E-state index in [2.05, 4.69) is 0 Å². The Bertz CT molecular complexity index is 343. The molecular formula is C11H13NO3. The third kappa shape index (κ3) is 2.70. The number of rotatable bonds is 4. The van der Waals surface area contributed by atoms with Crippen molar-refractivity contribution in [2.45, 2.75) is 19.4 Å². The molecule has 1 aliphatic carbocycles. The molecule has 1 aromatic rings. The van der Waals surface area contributed by atoms with Gasteiger partial charge in [-0.15, -0.1) is 0 Å². The number of carbonyl (C=O) groups excluding carboxylic acids is 1. The van der Waals surface area contributed by atoms with Crippen LogP contribution in [0.3, 0.4) is 0 Å². The zero-order chi connectivity index (χ0) is 10.7. The monoisotopic (exact) mass is 207 g/mol. The van der Waals surface area contributed by atoms with Crippen molar-refractivity contribution in [3.63, 3.8) is 0 Å². The quantitative estimate of drug-likeness (QED) is 0.585. The van der Waals surface area contributed by atoms with Crippen molar-refractivity contribution in [1.29, 1.82) is 0 Å². The van der Waals surface area contributed by atoms with E-state index in [-0.39, 0.29) is 11.9 Å². The van der Waals surface area contributed by atoms with Crippen molar-refractivity contribution in [3.05, 3.63) is 29.8 Å². The molecule has 4 heteroatoms. The summed E-state index contributed by atoms with van der Waals surface area (Å²) in [5, 5.41) is 8.59. The highest BCUT2D eigenvalue weighted by atomic mass is 16.5. The highest BCUT2D eigenvalue weighted by molar-refractivity contribution is 5.74. The highest BCUT2D eigenvalue weighted by Gasteiger charge is 2.31. The summed E-state index contributed by atoms with van der Waals surface area (Å²) in [7, 11) is 0. The van der Waals surface area contributed by atoms with Crippen LogP contribution in [0.2, 0.25) is 0 Å². The van der Waals surface area contributed by atoms with Crippen LogP contribution in [0.4, 0.5) is 5.69 Å². The molecule has 80 valence electrons. The van der Waals surface area contributed by atoms with Gasteiger partial charge in [-0.1, -0.05) is 12.1 Å². The first-order valence-corrected chi connectivity index (χ1v) is 4.95. The summed E-state index contributed by atoms with van der Waals surface area (Å²) in [5.41, 5.74) is 3.58. The van der Waals surface area contributed by atoms with Crippen LogP contribution in [0.15, 0.2) is 24.3 Å². The Balaban J connectivity index is 1.84. The second kappa shape index (κ2) is 4.31. The maximum absolute atomic E-state index is 11.2. The lowest BCUT2D eigenvalue weighted by Crippen LogP contribution is -2.06. The van der Waals surface area contributed by atoms with Gasteiger partial charge in [-0.25, -0.2) is 0 Å². The smallest absolute Gasteiger partial charge is 0.309 e. The van der Waals surface area contributed by atoms with E-state index in [0.29, 0.717) is 12.3 Å². The number of esters is 1. The minimum atomic E-state index is -0.0978. The molecule has 0 saturated heterocycles. The highest BCUT2D eigenvalue weighted by Crippen LogP contribution is 2.30. The predicted octanol–water partition coefficient (Wildman–Crippen LogP) is 1.94. The van der Waals surface area contributed by atoms with E-state index in [1.807, 2.05) is 5.48 Å². The minimum absolute atomic E-state index is 0.0978. The predicted molar refractivity (Wildman–Crippen MR) is 54.4 cm³/mol. The van der Waals surface area contributed by atoms with E-state index in [1.165, 1.54) is 0 Å². The molecule has 1 aliphatic rings.